The molecule has 2 aromatic carbocycles. The molecule has 2 aliphatic rings. The van der Waals surface area contributed by atoms with Gasteiger partial charge in [-0.15, -0.1) is 0 Å². The number of carbonyl (C=O) groups is 7. The van der Waals surface area contributed by atoms with Crippen LogP contribution in [0.25, 0.3) is 10.8 Å². The third-order valence-electron chi connectivity index (χ3n) is 8.53. The molecule has 2 aromatic rings. The van der Waals surface area contributed by atoms with E-state index >= 15 is 0 Å². The average molecular weight is 665 g/mol. The molecule has 14 heteroatoms. The van der Waals surface area contributed by atoms with Gasteiger partial charge in [0.15, 0.2) is 0 Å². The van der Waals surface area contributed by atoms with E-state index in [-0.39, 0.29) is 44.2 Å². The molecule has 0 saturated carbocycles. The van der Waals surface area contributed by atoms with Crippen molar-refractivity contribution in [2.75, 3.05) is 31.5 Å². The fraction of sp³-hybridized carbons (Fsp3) is 0.500. The third kappa shape index (κ3) is 9.75. The molecule has 2 heterocycles. The molecule has 0 aliphatic carbocycles. The molecule has 0 unspecified atom stereocenters. The Morgan fingerprint density at radius 2 is 1.40 bits per heavy atom. The van der Waals surface area contributed by atoms with Crippen molar-refractivity contribution in [2.45, 2.75) is 76.9 Å². The number of carbonyl (C=O) groups excluding carboxylic acids is 6. The summed E-state index contributed by atoms with van der Waals surface area (Å²) >= 11 is 0. The summed E-state index contributed by atoms with van der Waals surface area (Å²) in [6.45, 7) is 3.72. The minimum Gasteiger partial charge on any atom is -0.481 e. The molecule has 5 N–H and O–H groups in total. The van der Waals surface area contributed by atoms with E-state index in [1.54, 1.807) is 0 Å². The second-order valence-corrected chi connectivity index (χ2v) is 12.6. The number of carboxylic acids is 1. The van der Waals surface area contributed by atoms with Crippen LogP contribution < -0.4 is 21.3 Å². The largest absolute Gasteiger partial charge is 0.481 e. The predicted octanol–water partition coefficient (Wildman–Crippen LogP) is 1.39. The Balaban J connectivity index is 1.30. The first kappa shape index (κ1) is 35.8. The highest BCUT2D eigenvalue weighted by atomic mass is 16.4. The third-order valence-corrected chi connectivity index (χ3v) is 8.53. The molecule has 0 spiro atoms. The van der Waals surface area contributed by atoms with Crippen molar-refractivity contribution >= 4 is 57.9 Å². The van der Waals surface area contributed by atoms with Crippen molar-refractivity contribution in [1.29, 1.82) is 0 Å². The van der Waals surface area contributed by atoms with E-state index in [9.17, 15) is 33.6 Å². The summed E-state index contributed by atoms with van der Waals surface area (Å²) in [4.78, 5) is 91.1. The second-order valence-electron chi connectivity index (χ2n) is 12.6. The van der Waals surface area contributed by atoms with Crippen LogP contribution in [0.2, 0.25) is 0 Å². The van der Waals surface area contributed by atoms with E-state index in [1.165, 1.54) is 9.80 Å². The van der Waals surface area contributed by atoms with E-state index in [0.29, 0.717) is 44.5 Å². The fourth-order valence-corrected chi connectivity index (χ4v) is 6.11. The molecule has 2 saturated heterocycles. The first-order chi connectivity index (χ1) is 22.9. The lowest BCUT2D eigenvalue weighted by atomic mass is 10.0. The number of hydrogen-bond donors (Lipinski definition) is 5. The van der Waals surface area contributed by atoms with Gasteiger partial charge >= 0.3 is 5.97 Å². The van der Waals surface area contributed by atoms with Crippen LogP contribution >= 0.6 is 0 Å². The highest BCUT2D eigenvalue weighted by Crippen LogP contribution is 2.23. The molecule has 14 nitrogen and oxygen atoms in total. The Kier molecular flexibility index (Phi) is 12.5. The summed E-state index contributed by atoms with van der Waals surface area (Å²) in [7, 11) is 0. The normalized spacial score (nSPS) is 18.0. The zero-order chi connectivity index (χ0) is 34.8. The zero-order valence-corrected chi connectivity index (χ0v) is 27.3. The van der Waals surface area contributed by atoms with Crippen LogP contribution in [0.5, 0.6) is 0 Å². The Labute approximate surface area is 279 Å². The van der Waals surface area contributed by atoms with Gasteiger partial charge in [0.1, 0.15) is 18.1 Å². The summed E-state index contributed by atoms with van der Waals surface area (Å²) in [5, 5.41) is 21.4. The van der Waals surface area contributed by atoms with E-state index in [4.69, 9.17) is 5.11 Å². The molecule has 0 aromatic heterocycles. The number of rotatable bonds is 14. The van der Waals surface area contributed by atoms with Gasteiger partial charge in [-0.05, 0) is 60.9 Å². The van der Waals surface area contributed by atoms with Gasteiger partial charge in [-0.1, -0.05) is 44.2 Å². The molecule has 258 valence electrons. The number of hydrogen-bond acceptors (Lipinski definition) is 7. The van der Waals surface area contributed by atoms with Crippen LogP contribution in [0.3, 0.4) is 0 Å². The van der Waals surface area contributed by atoms with Gasteiger partial charge in [0.05, 0.1) is 19.5 Å². The molecule has 0 bridgehead atoms. The smallest absolute Gasteiger partial charge is 0.303 e. The summed E-state index contributed by atoms with van der Waals surface area (Å²) in [5.74, 6) is -3.97. The van der Waals surface area contributed by atoms with Crippen LogP contribution in [-0.4, -0.2) is 101 Å². The van der Waals surface area contributed by atoms with Crippen LogP contribution in [0, 0.1) is 5.92 Å². The Hall–Kier alpha value is -5.01. The number of likely N-dealkylation sites (tertiary alicyclic amines) is 2. The number of benzene rings is 2. The quantitative estimate of drug-likeness (QED) is 0.200. The molecule has 0 radical (unpaired) electrons. The topological polar surface area (TPSA) is 194 Å². The Bertz CT molecular complexity index is 1540. The van der Waals surface area contributed by atoms with Crippen molar-refractivity contribution in [1.82, 2.24) is 25.8 Å². The van der Waals surface area contributed by atoms with Gasteiger partial charge in [-0.25, -0.2) is 0 Å². The molecular formula is C34H44N6O8. The van der Waals surface area contributed by atoms with E-state index in [1.807, 2.05) is 56.3 Å². The number of nitrogens with zero attached hydrogens (tertiary/aromatic N) is 2. The Morgan fingerprint density at radius 1 is 0.792 bits per heavy atom. The average Bonchev–Trinajstić information content (AvgIpc) is 3.75. The monoisotopic (exact) mass is 664 g/mol. The summed E-state index contributed by atoms with van der Waals surface area (Å²) in [5.41, 5.74) is 0.626. The van der Waals surface area contributed by atoms with Gasteiger partial charge in [0.2, 0.25) is 35.4 Å². The maximum atomic E-state index is 13.3. The first-order valence-corrected chi connectivity index (χ1v) is 16.4. The summed E-state index contributed by atoms with van der Waals surface area (Å²) in [6.07, 6.45) is 1.72. The Morgan fingerprint density at radius 3 is 2.02 bits per heavy atom. The highest BCUT2D eigenvalue weighted by molar-refractivity contribution is 6.00. The van der Waals surface area contributed by atoms with Crippen molar-refractivity contribution < 1.29 is 38.7 Å². The first-order valence-electron chi connectivity index (χ1n) is 16.4. The second kappa shape index (κ2) is 16.7. The number of amides is 6. The summed E-state index contributed by atoms with van der Waals surface area (Å²) < 4.78 is 0. The van der Waals surface area contributed by atoms with Gasteiger partial charge in [0.25, 0.3) is 0 Å². The van der Waals surface area contributed by atoms with Crippen molar-refractivity contribution in [3.8, 4) is 0 Å². The number of fused-ring (bicyclic) bond motifs is 1. The molecule has 2 fully saturated rings. The van der Waals surface area contributed by atoms with E-state index < -0.39 is 53.6 Å². The lowest BCUT2D eigenvalue weighted by Crippen LogP contribution is -2.55. The van der Waals surface area contributed by atoms with Gasteiger partial charge in [-0.3, -0.25) is 33.6 Å². The molecule has 3 atom stereocenters. The molecule has 6 amide bonds. The van der Waals surface area contributed by atoms with E-state index in [2.05, 4.69) is 21.3 Å². The highest BCUT2D eigenvalue weighted by Gasteiger charge is 2.37. The molecule has 48 heavy (non-hydrogen) atoms. The van der Waals surface area contributed by atoms with Gasteiger partial charge in [0, 0.05) is 25.2 Å². The maximum Gasteiger partial charge on any atom is 0.303 e. The molecule has 4 rings (SSSR count). The van der Waals surface area contributed by atoms with Gasteiger partial charge < -0.3 is 36.2 Å². The van der Waals surface area contributed by atoms with Crippen LogP contribution in [0.1, 0.15) is 58.8 Å². The predicted molar refractivity (Wildman–Crippen MR) is 176 cm³/mol. The zero-order valence-electron chi connectivity index (χ0n) is 27.3. The van der Waals surface area contributed by atoms with Crippen molar-refractivity contribution in [3.63, 3.8) is 0 Å². The van der Waals surface area contributed by atoms with E-state index in [0.717, 1.165) is 10.8 Å². The van der Waals surface area contributed by atoms with Crippen LogP contribution in [0.4, 0.5) is 5.69 Å². The lowest BCUT2D eigenvalue weighted by Gasteiger charge is -2.27. The SMILES string of the molecule is CC(C)C[C@H](NC(=O)[C@@H]1CCCN1C(=O)CNC(=O)CCC(=O)O)C(=O)NCC(=O)N1CCC[C@H]1C(=O)Nc1ccc2ccccc2c1. The van der Waals surface area contributed by atoms with Crippen molar-refractivity contribution in [2.24, 2.45) is 5.92 Å². The number of carboxylic acid groups (broad SMARTS) is 1. The fourth-order valence-electron chi connectivity index (χ4n) is 6.11. The minimum absolute atomic E-state index is 0.0147. The van der Waals surface area contributed by atoms with Crippen molar-refractivity contribution in [3.05, 3.63) is 42.5 Å². The molecule has 2 aliphatic heterocycles. The number of nitrogens with one attached hydrogen (secondary N) is 4. The standard InChI is InChI=1S/C34H44N6O8/c1-21(2)17-25(38-34(48)27-10-6-16-40(27)29(42)19-35-28(41)13-14-31(44)45)32(46)36-20-30(43)39-15-5-9-26(39)33(47)37-24-12-11-22-7-3-4-8-23(22)18-24/h3-4,7-8,11-12,18,21,25-27H,5-6,9-10,13-17,19-20H2,1-2H3,(H,35,41)(H,36,46)(H,37,47)(H,38,48)(H,44,45)/t25-,26-,27-/m0/s1. The summed E-state index contributed by atoms with van der Waals surface area (Å²) in [6, 6.07) is 10.9. The lowest BCUT2D eigenvalue weighted by molar-refractivity contribution is -0.140. The van der Waals surface area contributed by atoms with Crippen LogP contribution in [0.15, 0.2) is 42.5 Å². The van der Waals surface area contributed by atoms with Gasteiger partial charge in [-0.2, -0.15) is 0 Å². The molecular weight excluding hydrogens is 620 g/mol. The van der Waals surface area contributed by atoms with Crippen LogP contribution in [-0.2, 0) is 33.6 Å². The minimum atomic E-state index is -1.13. The number of aliphatic carboxylic acids is 1. The number of anilines is 1. The maximum absolute atomic E-state index is 13.3.